The normalized spacial score (nSPS) is 15.8. The highest BCUT2D eigenvalue weighted by Gasteiger charge is 2.16. The third-order valence-electron chi connectivity index (χ3n) is 4.72. The maximum Gasteiger partial charge on any atom is 0.251 e. The Kier molecular flexibility index (Phi) is 5.76. The summed E-state index contributed by atoms with van der Waals surface area (Å²) in [6.07, 6.45) is 3.57. The maximum absolute atomic E-state index is 13.4. The first-order valence-electron chi connectivity index (χ1n) is 9.52. The van der Waals surface area contributed by atoms with Crippen molar-refractivity contribution < 1.29 is 13.9 Å². The predicted octanol–water partition coefficient (Wildman–Crippen LogP) is 3.94. The summed E-state index contributed by atoms with van der Waals surface area (Å²) >= 11 is 0. The van der Waals surface area contributed by atoms with Crippen molar-refractivity contribution in [1.82, 2.24) is 15.3 Å². The van der Waals surface area contributed by atoms with E-state index in [0.717, 1.165) is 25.1 Å². The van der Waals surface area contributed by atoms with Gasteiger partial charge in [-0.05, 0) is 49.2 Å². The number of halogens is 1. The Balaban J connectivity index is 1.39. The van der Waals surface area contributed by atoms with Gasteiger partial charge in [-0.1, -0.05) is 12.1 Å². The standard InChI is InChI=1S/C22H21FN4O2/c23-17-4-1-3-16(11-17)20-12-21(26-14-25-20)27-18-8-6-15(7-9-18)22(28)24-13-19-5-2-10-29-19/h1,3-4,6-9,11-12,14,19H,2,5,10,13H2,(H,24,28)(H,25,26,27)/t19-/m1/s1. The molecule has 1 aliphatic rings. The lowest BCUT2D eigenvalue weighted by atomic mass is 10.1. The largest absolute Gasteiger partial charge is 0.376 e. The summed E-state index contributed by atoms with van der Waals surface area (Å²) in [7, 11) is 0. The van der Waals surface area contributed by atoms with Crippen molar-refractivity contribution in [2.75, 3.05) is 18.5 Å². The number of nitrogens with zero attached hydrogens (tertiary/aromatic N) is 2. The summed E-state index contributed by atoms with van der Waals surface area (Å²) in [5, 5.41) is 6.08. The van der Waals surface area contributed by atoms with Gasteiger partial charge in [-0.25, -0.2) is 14.4 Å². The zero-order valence-electron chi connectivity index (χ0n) is 15.8. The number of carbonyl (C=O) groups excluding carboxylic acids is 1. The third-order valence-corrected chi connectivity index (χ3v) is 4.72. The first-order chi connectivity index (χ1) is 14.2. The molecule has 0 saturated carbocycles. The summed E-state index contributed by atoms with van der Waals surface area (Å²) in [5.74, 6) is 0.140. The average Bonchev–Trinajstić information content (AvgIpc) is 3.26. The number of ether oxygens (including phenoxy) is 1. The molecular weight excluding hydrogens is 371 g/mol. The molecule has 0 unspecified atom stereocenters. The molecule has 1 atom stereocenters. The maximum atomic E-state index is 13.4. The minimum atomic E-state index is -0.316. The molecule has 3 aromatic rings. The van der Waals surface area contributed by atoms with Crippen LogP contribution >= 0.6 is 0 Å². The molecule has 7 heteroatoms. The van der Waals surface area contributed by atoms with Crippen LogP contribution < -0.4 is 10.6 Å². The molecule has 2 heterocycles. The fourth-order valence-corrected chi connectivity index (χ4v) is 3.20. The van der Waals surface area contributed by atoms with Gasteiger partial charge in [0.25, 0.3) is 5.91 Å². The van der Waals surface area contributed by atoms with Crippen LogP contribution in [0.15, 0.2) is 60.9 Å². The van der Waals surface area contributed by atoms with E-state index in [9.17, 15) is 9.18 Å². The van der Waals surface area contributed by atoms with Gasteiger partial charge in [-0.2, -0.15) is 0 Å². The van der Waals surface area contributed by atoms with Gasteiger partial charge in [0.2, 0.25) is 0 Å². The van der Waals surface area contributed by atoms with Crippen LogP contribution in [0.1, 0.15) is 23.2 Å². The van der Waals surface area contributed by atoms with Crippen LogP contribution in [-0.4, -0.2) is 35.1 Å². The van der Waals surface area contributed by atoms with Gasteiger partial charge in [0.15, 0.2) is 0 Å². The summed E-state index contributed by atoms with van der Waals surface area (Å²) < 4.78 is 19.0. The molecule has 2 N–H and O–H groups in total. The molecule has 1 aliphatic heterocycles. The van der Waals surface area contributed by atoms with Crippen LogP contribution in [0.5, 0.6) is 0 Å². The van der Waals surface area contributed by atoms with E-state index in [0.29, 0.717) is 29.2 Å². The topological polar surface area (TPSA) is 76.1 Å². The van der Waals surface area contributed by atoms with Gasteiger partial charge in [-0.3, -0.25) is 4.79 Å². The van der Waals surface area contributed by atoms with Crippen molar-refractivity contribution in [3.05, 3.63) is 72.3 Å². The Morgan fingerprint density at radius 2 is 2.00 bits per heavy atom. The molecule has 1 aromatic heterocycles. The molecule has 4 rings (SSSR count). The second-order valence-corrected chi connectivity index (χ2v) is 6.85. The van der Waals surface area contributed by atoms with Crippen molar-refractivity contribution in [2.24, 2.45) is 0 Å². The van der Waals surface area contributed by atoms with E-state index in [4.69, 9.17) is 4.74 Å². The van der Waals surface area contributed by atoms with Crippen LogP contribution in [0, 0.1) is 5.82 Å². The third kappa shape index (κ3) is 4.94. The zero-order valence-corrected chi connectivity index (χ0v) is 15.8. The quantitative estimate of drug-likeness (QED) is 0.665. The molecule has 2 aromatic carbocycles. The number of benzene rings is 2. The second kappa shape index (κ2) is 8.79. The fourth-order valence-electron chi connectivity index (χ4n) is 3.20. The Morgan fingerprint density at radius 1 is 1.14 bits per heavy atom. The Labute approximate surface area is 168 Å². The van der Waals surface area contributed by atoms with Crippen LogP contribution in [-0.2, 0) is 4.74 Å². The van der Waals surface area contributed by atoms with Crippen LogP contribution in [0.4, 0.5) is 15.9 Å². The first kappa shape index (κ1) is 19.0. The van der Waals surface area contributed by atoms with Crippen molar-refractivity contribution in [3.63, 3.8) is 0 Å². The van der Waals surface area contributed by atoms with Crippen molar-refractivity contribution in [3.8, 4) is 11.3 Å². The van der Waals surface area contributed by atoms with Gasteiger partial charge < -0.3 is 15.4 Å². The minimum Gasteiger partial charge on any atom is -0.376 e. The number of nitrogens with one attached hydrogen (secondary N) is 2. The molecule has 0 radical (unpaired) electrons. The van der Waals surface area contributed by atoms with E-state index in [1.54, 1.807) is 30.3 Å². The van der Waals surface area contributed by atoms with Crippen LogP contribution in [0.3, 0.4) is 0 Å². The number of carbonyl (C=O) groups is 1. The van der Waals surface area contributed by atoms with E-state index in [1.807, 2.05) is 12.1 Å². The van der Waals surface area contributed by atoms with E-state index >= 15 is 0 Å². The highest BCUT2D eigenvalue weighted by atomic mass is 19.1. The Bertz CT molecular complexity index is 988. The molecule has 0 spiro atoms. The summed E-state index contributed by atoms with van der Waals surface area (Å²) in [6, 6.07) is 15.1. The molecule has 148 valence electrons. The number of amides is 1. The van der Waals surface area contributed by atoms with Crippen LogP contribution in [0.25, 0.3) is 11.3 Å². The first-order valence-corrected chi connectivity index (χ1v) is 9.52. The number of rotatable bonds is 6. The monoisotopic (exact) mass is 392 g/mol. The number of aromatic nitrogens is 2. The minimum absolute atomic E-state index is 0.116. The van der Waals surface area contributed by atoms with Crippen molar-refractivity contribution in [1.29, 1.82) is 0 Å². The lowest BCUT2D eigenvalue weighted by Gasteiger charge is -2.11. The van der Waals surface area contributed by atoms with Gasteiger partial charge in [0.05, 0.1) is 11.8 Å². The zero-order chi connectivity index (χ0) is 20.1. The highest BCUT2D eigenvalue weighted by molar-refractivity contribution is 5.94. The SMILES string of the molecule is O=C(NC[C@H]1CCCO1)c1ccc(Nc2cc(-c3cccc(F)c3)ncn2)cc1. The highest BCUT2D eigenvalue weighted by Crippen LogP contribution is 2.22. The summed E-state index contributed by atoms with van der Waals surface area (Å²) in [4.78, 5) is 20.7. The lowest BCUT2D eigenvalue weighted by molar-refractivity contribution is 0.0858. The van der Waals surface area contributed by atoms with Crippen LogP contribution in [0.2, 0.25) is 0 Å². The Hall–Kier alpha value is -3.32. The number of hydrogen-bond acceptors (Lipinski definition) is 5. The molecule has 0 aliphatic carbocycles. The van der Waals surface area contributed by atoms with Gasteiger partial charge >= 0.3 is 0 Å². The Morgan fingerprint density at radius 3 is 2.76 bits per heavy atom. The average molecular weight is 392 g/mol. The molecule has 0 bridgehead atoms. The van der Waals surface area contributed by atoms with Gasteiger partial charge in [-0.15, -0.1) is 0 Å². The molecule has 1 saturated heterocycles. The van der Waals surface area contributed by atoms with E-state index in [1.165, 1.54) is 18.5 Å². The smallest absolute Gasteiger partial charge is 0.251 e. The van der Waals surface area contributed by atoms with E-state index in [-0.39, 0.29) is 17.8 Å². The second-order valence-electron chi connectivity index (χ2n) is 6.85. The molecule has 1 amide bonds. The van der Waals surface area contributed by atoms with Crippen molar-refractivity contribution in [2.45, 2.75) is 18.9 Å². The van der Waals surface area contributed by atoms with Gasteiger partial charge in [0.1, 0.15) is 18.0 Å². The van der Waals surface area contributed by atoms with E-state index in [2.05, 4.69) is 20.6 Å². The number of hydrogen-bond donors (Lipinski definition) is 2. The van der Waals surface area contributed by atoms with Crippen molar-refractivity contribution >= 4 is 17.4 Å². The van der Waals surface area contributed by atoms with E-state index < -0.39 is 0 Å². The lowest BCUT2D eigenvalue weighted by Crippen LogP contribution is -2.31. The summed E-state index contributed by atoms with van der Waals surface area (Å²) in [5.41, 5.74) is 2.65. The molecule has 29 heavy (non-hydrogen) atoms. The molecule has 6 nitrogen and oxygen atoms in total. The molecule has 1 fully saturated rings. The van der Waals surface area contributed by atoms with Gasteiger partial charge in [0, 0.05) is 36.0 Å². The molecular formula is C22H21FN4O2. The predicted molar refractivity (Wildman–Crippen MR) is 108 cm³/mol. The number of anilines is 2. The fraction of sp³-hybridized carbons (Fsp3) is 0.227. The summed E-state index contributed by atoms with van der Waals surface area (Å²) in [6.45, 7) is 1.30.